The summed E-state index contributed by atoms with van der Waals surface area (Å²) in [7, 11) is 1.27. The highest BCUT2D eigenvalue weighted by Gasteiger charge is 2.15. The second kappa shape index (κ2) is 7.58. The Balaban J connectivity index is 2.09. The Bertz CT molecular complexity index is 777. The van der Waals surface area contributed by atoms with E-state index in [0.29, 0.717) is 5.69 Å². The quantitative estimate of drug-likeness (QED) is 0.441. The zero-order valence-electron chi connectivity index (χ0n) is 12.6. The molecule has 0 spiro atoms. The number of methoxy groups -OCH3 is 1. The second-order valence-electron chi connectivity index (χ2n) is 4.53. The third-order valence-electron chi connectivity index (χ3n) is 2.92. The van der Waals surface area contributed by atoms with E-state index in [2.05, 4.69) is 15.8 Å². The molecular formula is C15H14N4O5. The van der Waals surface area contributed by atoms with Gasteiger partial charge in [-0.1, -0.05) is 18.2 Å². The minimum atomic E-state index is -0.630. The second-order valence-corrected chi connectivity index (χ2v) is 4.53. The molecule has 2 rings (SSSR count). The van der Waals surface area contributed by atoms with Crippen LogP contribution in [0.25, 0.3) is 0 Å². The third kappa shape index (κ3) is 4.19. The van der Waals surface area contributed by atoms with Crippen molar-refractivity contribution in [2.45, 2.75) is 0 Å². The first-order chi connectivity index (χ1) is 11.5. The fourth-order valence-electron chi connectivity index (χ4n) is 1.81. The molecule has 0 aliphatic rings. The molecule has 9 nitrogen and oxygen atoms in total. The number of hydrazone groups is 1. The van der Waals surface area contributed by atoms with Gasteiger partial charge in [-0.25, -0.2) is 10.2 Å². The van der Waals surface area contributed by atoms with Crippen LogP contribution in [0, 0.1) is 10.1 Å². The van der Waals surface area contributed by atoms with Crippen molar-refractivity contribution in [3.8, 4) is 11.5 Å². The molecule has 0 fully saturated rings. The monoisotopic (exact) mass is 330 g/mol. The summed E-state index contributed by atoms with van der Waals surface area (Å²) < 4.78 is 4.87. The van der Waals surface area contributed by atoms with Gasteiger partial charge in [-0.3, -0.25) is 10.1 Å². The molecule has 0 bridgehead atoms. The lowest BCUT2D eigenvalue weighted by Crippen LogP contribution is -2.24. The van der Waals surface area contributed by atoms with Crippen molar-refractivity contribution < 1.29 is 19.6 Å². The number of amides is 2. The number of nitrogens with one attached hydrogen (secondary N) is 2. The van der Waals surface area contributed by atoms with E-state index in [0.717, 1.165) is 18.3 Å². The number of carbonyl (C=O) groups is 1. The lowest BCUT2D eigenvalue weighted by molar-refractivity contribution is -0.385. The number of non-ortho nitro benzene ring substituents is 1. The zero-order valence-corrected chi connectivity index (χ0v) is 12.6. The predicted molar refractivity (Wildman–Crippen MR) is 87.5 cm³/mol. The molecule has 124 valence electrons. The molecule has 0 aromatic heterocycles. The molecule has 0 atom stereocenters. The van der Waals surface area contributed by atoms with Crippen LogP contribution in [0.4, 0.5) is 16.2 Å². The van der Waals surface area contributed by atoms with Gasteiger partial charge >= 0.3 is 6.03 Å². The smallest absolute Gasteiger partial charge is 0.339 e. The lowest BCUT2D eigenvalue weighted by Gasteiger charge is -2.06. The molecule has 0 saturated carbocycles. The number of hydrogen-bond acceptors (Lipinski definition) is 6. The SMILES string of the molecule is COc1cc([N+](=O)[O-])cc(/C=N/NC(=O)Nc2ccccc2)c1O. The van der Waals surface area contributed by atoms with Crippen LogP contribution in [-0.4, -0.2) is 29.4 Å². The zero-order chi connectivity index (χ0) is 17.5. The molecule has 24 heavy (non-hydrogen) atoms. The van der Waals surface area contributed by atoms with Crippen LogP contribution >= 0.6 is 0 Å². The van der Waals surface area contributed by atoms with E-state index in [1.807, 2.05) is 0 Å². The summed E-state index contributed by atoms with van der Waals surface area (Å²) in [6.45, 7) is 0. The van der Waals surface area contributed by atoms with E-state index in [1.54, 1.807) is 30.3 Å². The summed E-state index contributed by atoms with van der Waals surface area (Å²) in [5.41, 5.74) is 2.52. The first kappa shape index (κ1) is 16.7. The number of urea groups is 1. The van der Waals surface area contributed by atoms with Crippen LogP contribution in [0.3, 0.4) is 0 Å². The summed E-state index contributed by atoms with van der Waals surface area (Å²) in [5.74, 6) is -0.392. The Labute approximate surface area is 136 Å². The van der Waals surface area contributed by atoms with Gasteiger partial charge in [0.25, 0.3) is 5.69 Å². The van der Waals surface area contributed by atoms with Crippen molar-refractivity contribution in [2.75, 3.05) is 12.4 Å². The maximum absolute atomic E-state index is 11.7. The van der Waals surface area contributed by atoms with Gasteiger partial charge in [-0.2, -0.15) is 5.10 Å². The van der Waals surface area contributed by atoms with Crippen LogP contribution in [0.15, 0.2) is 47.6 Å². The molecule has 2 amide bonds. The maximum Gasteiger partial charge on any atom is 0.339 e. The van der Waals surface area contributed by atoms with Crippen LogP contribution < -0.4 is 15.5 Å². The summed E-state index contributed by atoms with van der Waals surface area (Å²) in [6, 6.07) is 10.3. The van der Waals surface area contributed by atoms with Gasteiger partial charge in [-0.15, -0.1) is 0 Å². The first-order valence-electron chi connectivity index (χ1n) is 6.71. The molecule has 0 saturated heterocycles. The van der Waals surface area contributed by atoms with E-state index in [1.165, 1.54) is 7.11 Å². The van der Waals surface area contributed by atoms with Crippen LogP contribution in [0.1, 0.15) is 5.56 Å². The van der Waals surface area contributed by atoms with Gasteiger partial charge in [0.05, 0.1) is 24.3 Å². The highest BCUT2D eigenvalue weighted by atomic mass is 16.6. The summed E-state index contributed by atoms with van der Waals surface area (Å²) in [4.78, 5) is 21.9. The minimum Gasteiger partial charge on any atom is -0.504 e. The first-order valence-corrected chi connectivity index (χ1v) is 6.71. The van der Waals surface area contributed by atoms with E-state index in [9.17, 15) is 20.0 Å². The number of benzene rings is 2. The molecule has 9 heteroatoms. The highest BCUT2D eigenvalue weighted by Crippen LogP contribution is 2.33. The molecule has 2 aromatic rings. The summed E-state index contributed by atoms with van der Waals surface area (Å²) in [6.07, 6.45) is 1.08. The number of ether oxygens (including phenoxy) is 1. The van der Waals surface area contributed by atoms with Gasteiger partial charge in [0.15, 0.2) is 11.5 Å². The fraction of sp³-hybridized carbons (Fsp3) is 0.0667. The number of hydrogen-bond donors (Lipinski definition) is 3. The number of para-hydroxylation sites is 1. The predicted octanol–water partition coefficient (Wildman–Crippen LogP) is 2.46. The Morgan fingerprint density at radius 2 is 2.04 bits per heavy atom. The number of nitrogens with zero attached hydrogens (tertiary/aromatic N) is 2. The largest absolute Gasteiger partial charge is 0.504 e. The topological polar surface area (TPSA) is 126 Å². The van der Waals surface area contributed by atoms with E-state index < -0.39 is 11.0 Å². The number of phenols is 1. The molecule has 0 radical (unpaired) electrons. The number of nitro groups is 1. The number of phenolic OH excluding ortho intramolecular Hbond substituents is 1. The number of aromatic hydroxyl groups is 1. The van der Waals surface area contributed by atoms with Crippen molar-refractivity contribution >= 4 is 23.6 Å². The van der Waals surface area contributed by atoms with Gasteiger partial charge in [0.2, 0.25) is 0 Å². The Kier molecular flexibility index (Phi) is 5.29. The van der Waals surface area contributed by atoms with Gasteiger partial charge < -0.3 is 15.2 Å². The Morgan fingerprint density at radius 3 is 2.67 bits per heavy atom. The van der Waals surface area contributed by atoms with E-state index in [-0.39, 0.29) is 22.7 Å². The average molecular weight is 330 g/mol. The van der Waals surface area contributed by atoms with Crippen molar-refractivity contribution in [1.82, 2.24) is 5.43 Å². The molecule has 0 heterocycles. The Hall–Kier alpha value is -3.62. The lowest BCUT2D eigenvalue weighted by atomic mass is 10.2. The molecule has 2 aromatic carbocycles. The number of carbonyl (C=O) groups excluding carboxylic acids is 1. The third-order valence-corrected chi connectivity index (χ3v) is 2.92. The van der Waals surface area contributed by atoms with E-state index >= 15 is 0 Å². The average Bonchev–Trinajstić information content (AvgIpc) is 2.57. The van der Waals surface area contributed by atoms with Crippen LogP contribution in [0.2, 0.25) is 0 Å². The maximum atomic E-state index is 11.7. The highest BCUT2D eigenvalue weighted by molar-refractivity contribution is 5.91. The number of nitro benzene ring substituents is 1. The van der Waals surface area contributed by atoms with Crippen molar-refractivity contribution in [2.24, 2.45) is 5.10 Å². The summed E-state index contributed by atoms with van der Waals surface area (Å²) >= 11 is 0. The number of rotatable bonds is 5. The molecule has 0 aliphatic heterocycles. The van der Waals surface area contributed by atoms with Gasteiger partial charge in [0.1, 0.15) is 0 Å². The normalized spacial score (nSPS) is 10.4. The number of anilines is 1. The summed E-state index contributed by atoms with van der Waals surface area (Å²) in [5, 5.41) is 27.0. The van der Waals surface area contributed by atoms with Crippen molar-refractivity contribution in [1.29, 1.82) is 0 Å². The molecular weight excluding hydrogens is 316 g/mol. The van der Waals surface area contributed by atoms with Crippen LogP contribution in [0.5, 0.6) is 11.5 Å². The fourth-order valence-corrected chi connectivity index (χ4v) is 1.81. The Morgan fingerprint density at radius 1 is 1.33 bits per heavy atom. The van der Waals surface area contributed by atoms with Crippen molar-refractivity contribution in [3.05, 3.63) is 58.1 Å². The molecule has 0 unspecified atom stereocenters. The van der Waals surface area contributed by atoms with Crippen molar-refractivity contribution in [3.63, 3.8) is 0 Å². The standard InChI is InChI=1S/C15H14N4O5/c1-24-13-8-12(19(22)23)7-10(14(13)20)9-16-18-15(21)17-11-5-3-2-4-6-11/h2-9,20H,1H3,(H2,17,18,21)/b16-9+. The minimum absolute atomic E-state index is 0.0288. The van der Waals surface area contributed by atoms with Crippen LogP contribution in [-0.2, 0) is 0 Å². The molecule has 3 N–H and O–H groups in total. The van der Waals surface area contributed by atoms with Gasteiger partial charge in [-0.05, 0) is 12.1 Å². The molecule has 0 aliphatic carbocycles. The van der Waals surface area contributed by atoms with E-state index in [4.69, 9.17) is 4.74 Å². The van der Waals surface area contributed by atoms with Gasteiger partial charge in [0, 0.05) is 17.3 Å².